The van der Waals surface area contributed by atoms with Crippen molar-refractivity contribution in [3.05, 3.63) is 35.9 Å². The summed E-state index contributed by atoms with van der Waals surface area (Å²) in [6.45, 7) is 2.16. The van der Waals surface area contributed by atoms with E-state index < -0.39 is 24.1 Å². The summed E-state index contributed by atoms with van der Waals surface area (Å²) in [5, 5.41) is 7.64. The van der Waals surface area contributed by atoms with E-state index in [4.69, 9.17) is 4.74 Å². The van der Waals surface area contributed by atoms with Gasteiger partial charge in [0.25, 0.3) is 0 Å². The summed E-state index contributed by atoms with van der Waals surface area (Å²) >= 11 is 0. The van der Waals surface area contributed by atoms with Gasteiger partial charge in [-0.15, -0.1) is 0 Å². The van der Waals surface area contributed by atoms with Gasteiger partial charge in [-0.3, -0.25) is 9.59 Å². The predicted molar refractivity (Wildman–Crippen MR) is 93.0 cm³/mol. The quantitative estimate of drug-likeness (QED) is 0.584. The molecular formula is C18H23N3O5. The van der Waals surface area contributed by atoms with E-state index in [0.29, 0.717) is 19.3 Å². The van der Waals surface area contributed by atoms with Crippen LogP contribution in [0, 0.1) is 5.92 Å². The monoisotopic (exact) mass is 361 g/mol. The lowest BCUT2D eigenvalue weighted by atomic mass is 9.99. The summed E-state index contributed by atoms with van der Waals surface area (Å²) in [5.41, 5.74) is 0.829. The maximum absolute atomic E-state index is 12.1. The van der Waals surface area contributed by atoms with Gasteiger partial charge in [-0.05, 0) is 25.3 Å². The average molecular weight is 361 g/mol. The van der Waals surface area contributed by atoms with E-state index in [9.17, 15) is 19.2 Å². The third-order valence-electron chi connectivity index (χ3n) is 4.13. The lowest BCUT2D eigenvalue weighted by Gasteiger charge is -2.19. The molecule has 0 aromatic heterocycles. The first-order valence-corrected chi connectivity index (χ1v) is 8.50. The Kier molecular flexibility index (Phi) is 7.13. The first kappa shape index (κ1) is 19.4. The van der Waals surface area contributed by atoms with Crippen LogP contribution in [0.1, 0.15) is 25.3 Å². The summed E-state index contributed by atoms with van der Waals surface area (Å²) < 4.78 is 5.05. The van der Waals surface area contributed by atoms with Crippen LogP contribution in [0.25, 0.3) is 0 Å². The summed E-state index contributed by atoms with van der Waals surface area (Å²) in [6, 6.07) is 7.50. The highest BCUT2D eigenvalue weighted by Gasteiger charge is 2.28. The van der Waals surface area contributed by atoms with Crippen molar-refractivity contribution in [2.45, 2.75) is 38.5 Å². The van der Waals surface area contributed by atoms with Crippen LogP contribution in [0.15, 0.2) is 30.3 Å². The summed E-state index contributed by atoms with van der Waals surface area (Å²) in [6.07, 6.45) is 0.754. The summed E-state index contributed by atoms with van der Waals surface area (Å²) in [4.78, 5) is 46.7. The number of aldehydes is 1. The molecule has 1 aromatic carbocycles. The number of ether oxygens (including phenoxy) is 1. The lowest BCUT2D eigenvalue weighted by molar-refractivity contribution is -0.127. The molecule has 3 atom stereocenters. The molecule has 8 heteroatoms. The van der Waals surface area contributed by atoms with Crippen LogP contribution in [0.3, 0.4) is 0 Å². The first-order chi connectivity index (χ1) is 12.5. The minimum absolute atomic E-state index is 0.0920. The van der Waals surface area contributed by atoms with E-state index in [2.05, 4.69) is 16.0 Å². The van der Waals surface area contributed by atoms with Crippen molar-refractivity contribution in [2.24, 2.45) is 5.92 Å². The molecular weight excluding hydrogens is 338 g/mol. The van der Waals surface area contributed by atoms with Gasteiger partial charge < -0.3 is 25.5 Å². The molecule has 2 rings (SSSR count). The third kappa shape index (κ3) is 5.87. The van der Waals surface area contributed by atoms with E-state index in [0.717, 1.165) is 5.56 Å². The van der Waals surface area contributed by atoms with E-state index in [1.54, 1.807) is 0 Å². The molecule has 1 aliphatic heterocycles. The predicted octanol–water partition coefficient (Wildman–Crippen LogP) is 0.511. The van der Waals surface area contributed by atoms with Crippen molar-refractivity contribution in [3.63, 3.8) is 0 Å². The van der Waals surface area contributed by atoms with Crippen LogP contribution >= 0.6 is 0 Å². The Bertz CT molecular complexity index is 649. The minimum Gasteiger partial charge on any atom is -0.445 e. The summed E-state index contributed by atoms with van der Waals surface area (Å²) in [5.74, 6) is -0.913. The average Bonchev–Trinajstić information content (AvgIpc) is 3.04. The smallest absolute Gasteiger partial charge is 0.408 e. The number of carbonyl (C=O) groups is 4. The molecule has 3 N–H and O–H groups in total. The number of carbonyl (C=O) groups excluding carboxylic acids is 4. The molecule has 0 aliphatic carbocycles. The molecule has 0 bridgehead atoms. The maximum Gasteiger partial charge on any atom is 0.408 e. The molecule has 1 aliphatic rings. The van der Waals surface area contributed by atoms with Gasteiger partial charge in [-0.2, -0.15) is 0 Å². The third-order valence-corrected chi connectivity index (χ3v) is 4.13. The number of hydrogen-bond acceptors (Lipinski definition) is 5. The molecule has 1 unspecified atom stereocenters. The van der Waals surface area contributed by atoms with Crippen molar-refractivity contribution < 1.29 is 23.9 Å². The van der Waals surface area contributed by atoms with Gasteiger partial charge in [0.1, 0.15) is 18.9 Å². The van der Waals surface area contributed by atoms with Crippen molar-refractivity contribution in [1.29, 1.82) is 0 Å². The molecule has 1 saturated heterocycles. The highest BCUT2D eigenvalue weighted by Crippen LogP contribution is 2.15. The molecule has 0 saturated carbocycles. The van der Waals surface area contributed by atoms with Gasteiger partial charge in [0.15, 0.2) is 0 Å². The van der Waals surface area contributed by atoms with Crippen LogP contribution in [0.2, 0.25) is 0 Å². The maximum atomic E-state index is 12.1. The van der Waals surface area contributed by atoms with E-state index in [1.807, 2.05) is 30.3 Å². The minimum atomic E-state index is -0.877. The number of rotatable bonds is 8. The van der Waals surface area contributed by atoms with E-state index in [1.165, 1.54) is 6.92 Å². The van der Waals surface area contributed by atoms with Crippen molar-refractivity contribution >= 4 is 24.2 Å². The topological polar surface area (TPSA) is 114 Å². The molecule has 1 fully saturated rings. The zero-order chi connectivity index (χ0) is 18.9. The van der Waals surface area contributed by atoms with Gasteiger partial charge in [-0.1, -0.05) is 30.3 Å². The van der Waals surface area contributed by atoms with Crippen LogP contribution in [0.5, 0.6) is 0 Å². The van der Waals surface area contributed by atoms with Gasteiger partial charge in [0.2, 0.25) is 11.8 Å². The standard InChI is InChI=1S/C18H23N3O5/c1-12(20-18(25)26-11-13-5-3-2-4-6-13)16(23)21-15(10-22)9-14-7-8-19-17(14)24/h2-6,10,12,14-15H,7-9,11H2,1H3,(H,19,24)(H,20,25)(H,21,23)/t12-,14?,15-/m0/s1. The Morgan fingerprint density at radius 3 is 2.65 bits per heavy atom. The van der Waals surface area contributed by atoms with Gasteiger partial charge in [0, 0.05) is 12.5 Å². The fraction of sp³-hybridized carbons (Fsp3) is 0.444. The highest BCUT2D eigenvalue weighted by atomic mass is 16.5. The Balaban J connectivity index is 1.75. The Morgan fingerprint density at radius 2 is 2.04 bits per heavy atom. The van der Waals surface area contributed by atoms with Crippen LogP contribution in [-0.4, -0.2) is 42.8 Å². The largest absolute Gasteiger partial charge is 0.445 e. The molecule has 3 amide bonds. The normalized spacial score (nSPS) is 18.3. The van der Waals surface area contributed by atoms with Crippen molar-refractivity contribution in [1.82, 2.24) is 16.0 Å². The van der Waals surface area contributed by atoms with Crippen molar-refractivity contribution in [2.75, 3.05) is 6.54 Å². The van der Waals surface area contributed by atoms with Crippen LogP contribution in [-0.2, 0) is 25.7 Å². The molecule has 8 nitrogen and oxygen atoms in total. The van der Waals surface area contributed by atoms with Gasteiger partial charge in [-0.25, -0.2) is 4.79 Å². The number of nitrogens with one attached hydrogen (secondary N) is 3. The fourth-order valence-corrected chi connectivity index (χ4v) is 2.64. The zero-order valence-corrected chi connectivity index (χ0v) is 14.6. The highest BCUT2D eigenvalue weighted by molar-refractivity contribution is 5.87. The molecule has 140 valence electrons. The number of alkyl carbamates (subject to hydrolysis) is 1. The van der Waals surface area contributed by atoms with E-state index >= 15 is 0 Å². The molecule has 0 radical (unpaired) electrons. The SMILES string of the molecule is C[C@H](NC(=O)OCc1ccccc1)C(=O)N[C@H](C=O)CC1CCNC1=O. The number of amides is 3. The molecule has 26 heavy (non-hydrogen) atoms. The number of benzene rings is 1. The molecule has 1 heterocycles. The van der Waals surface area contributed by atoms with Crippen LogP contribution in [0.4, 0.5) is 4.79 Å². The molecule has 1 aromatic rings. The first-order valence-electron chi connectivity index (χ1n) is 8.50. The number of hydrogen-bond donors (Lipinski definition) is 3. The zero-order valence-electron chi connectivity index (χ0n) is 14.6. The molecule has 0 spiro atoms. The second kappa shape index (κ2) is 9.55. The van der Waals surface area contributed by atoms with Gasteiger partial charge in [0.05, 0.1) is 6.04 Å². The Morgan fingerprint density at radius 1 is 1.31 bits per heavy atom. The fourth-order valence-electron chi connectivity index (χ4n) is 2.64. The van der Waals surface area contributed by atoms with Crippen LogP contribution < -0.4 is 16.0 Å². The summed E-state index contributed by atoms with van der Waals surface area (Å²) in [7, 11) is 0. The Hall–Kier alpha value is -2.90. The second-order valence-electron chi connectivity index (χ2n) is 6.19. The second-order valence-corrected chi connectivity index (χ2v) is 6.19. The van der Waals surface area contributed by atoms with Crippen molar-refractivity contribution in [3.8, 4) is 0 Å². The lowest BCUT2D eigenvalue weighted by Crippen LogP contribution is -2.49. The van der Waals surface area contributed by atoms with E-state index in [-0.39, 0.29) is 24.9 Å². The Labute approximate surface area is 151 Å². The van der Waals surface area contributed by atoms with Gasteiger partial charge >= 0.3 is 6.09 Å².